The van der Waals surface area contributed by atoms with Crippen LogP contribution in [-0.2, 0) is 0 Å². The lowest BCUT2D eigenvalue weighted by molar-refractivity contribution is 0.135. The third-order valence-electron chi connectivity index (χ3n) is 4.16. The molecular formula is C14H28N2. The van der Waals surface area contributed by atoms with Crippen molar-refractivity contribution in [3.8, 4) is 0 Å². The highest BCUT2D eigenvalue weighted by molar-refractivity contribution is 4.83. The third kappa shape index (κ3) is 3.46. The largest absolute Gasteiger partial charge is 0.302 e. The third-order valence-corrected chi connectivity index (χ3v) is 4.16. The SMILES string of the molecule is CC(C)CCN1CCCN2CCCCC2C1. The van der Waals surface area contributed by atoms with Gasteiger partial charge < -0.3 is 4.90 Å². The molecule has 0 N–H and O–H groups in total. The van der Waals surface area contributed by atoms with Gasteiger partial charge in [0.25, 0.3) is 0 Å². The number of fused-ring (bicyclic) bond motifs is 1. The van der Waals surface area contributed by atoms with Crippen LogP contribution in [0.3, 0.4) is 0 Å². The lowest BCUT2D eigenvalue weighted by Crippen LogP contribution is -2.44. The molecule has 2 heteroatoms. The van der Waals surface area contributed by atoms with Crippen molar-refractivity contribution in [1.82, 2.24) is 9.80 Å². The summed E-state index contributed by atoms with van der Waals surface area (Å²) in [6.45, 7) is 11.4. The molecule has 94 valence electrons. The molecule has 0 aromatic heterocycles. The highest BCUT2D eigenvalue weighted by Gasteiger charge is 2.26. The fraction of sp³-hybridized carbons (Fsp3) is 1.00. The van der Waals surface area contributed by atoms with Gasteiger partial charge in [-0.25, -0.2) is 0 Å². The molecule has 2 heterocycles. The molecule has 0 aromatic carbocycles. The minimum atomic E-state index is 0.853. The van der Waals surface area contributed by atoms with Gasteiger partial charge >= 0.3 is 0 Å². The van der Waals surface area contributed by atoms with Gasteiger partial charge in [0.1, 0.15) is 0 Å². The molecular weight excluding hydrogens is 196 g/mol. The lowest BCUT2D eigenvalue weighted by Gasteiger charge is -2.35. The molecule has 0 radical (unpaired) electrons. The number of hydrogen-bond donors (Lipinski definition) is 0. The van der Waals surface area contributed by atoms with Crippen LogP contribution in [0.2, 0.25) is 0 Å². The van der Waals surface area contributed by atoms with Gasteiger partial charge in [0, 0.05) is 12.6 Å². The summed E-state index contributed by atoms with van der Waals surface area (Å²) in [4.78, 5) is 5.47. The van der Waals surface area contributed by atoms with Crippen LogP contribution >= 0.6 is 0 Å². The highest BCUT2D eigenvalue weighted by Crippen LogP contribution is 2.21. The molecule has 0 aromatic rings. The normalized spacial score (nSPS) is 29.1. The van der Waals surface area contributed by atoms with E-state index in [9.17, 15) is 0 Å². The van der Waals surface area contributed by atoms with E-state index in [0.29, 0.717) is 0 Å². The second-order valence-electron chi connectivity index (χ2n) is 6.02. The fourth-order valence-electron chi connectivity index (χ4n) is 3.09. The van der Waals surface area contributed by atoms with Crippen molar-refractivity contribution in [3.63, 3.8) is 0 Å². The van der Waals surface area contributed by atoms with Gasteiger partial charge in [-0.1, -0.05) is 20.3 Å². The van der Waals surface area contributed by atoms with Crippen LogP contribution < -0.4 is 0 Å². The first kappa shape index (κ1) is 12.4. The second kappa shape index (κ2) is 6.02. The maximum atomic E-state index is 2.75. The van der Waals surface area contributed by atoms with Crippen molar-refractivity contribution in [1.29, 1.82) is 0 Å². The van der Waals surface area contributed by atoms with Crippen molar-refractivity contribution < 1.29 is 0 Å². The molecule has 1 unspecified atom stereocenters. The summed E-state index contributed by atoms with van der Waals surface area (Å²) < 4.78 is 0. The van der Waals surface area contributed by atoms with Crippen molar-refractivity contribution in [2.24, 2.45) is 5.92 Å². The minimum Gasteiger partial charge on any atom is -0.302 e. The van der Waals surface area contributed by atoms with Crippen LogP contribution in [-0.4, -0.2) is 48.6 Å². The first-order valence-electron chi connectivity index (χ1n) is 7.22. The summed E-state index contributed by atoms with van der Waals surface area (Å²) in [6, 6.07) is 0.878. The molecule has 2 nitrogen and oxygen atoms in total. The Bertz CT molecular complexity index is 203. The zero-order chi connectivity index (χ0) is 11.4. The summed E-state index contributed by atoms with van der Waals surface area (Å²) in [5.41, 5.74) is 0. The summed E-state index contributed by atoms with van der Waals surface area (Å²) >= 11 is 0. The van der Waals surface area contributed by atoms with E-state index in [1.807, 2.05) is 0 Å². The average molecular weight is 224 g/mol. The zero-order valence-corrected chi connectivity index (χ0v) is 11.1. The zero-order valence-electron chi connectivity index (χ0n) is 11.1. The number of hydrogen-bond acceptors (Lipinski definition) is 2. The van der Waals surface area contributed by atoms with Crippen molar-refractivity contribution in [3.05, 3.63) is 0 Å². The molecule has 2 fully saturated rings. The second-order valence-corrected chi connectivity index (χ2v) is 6.02. The summed E-state index contributed by atoms with van der Waals surface area (Å²) in [5, 5.41) is 0. The van der Waals surface area contributed by atoms with Gasteiger partial charge in [-0.15, -0.1) is 0 Å². The molecule has 0 aliphatic carbocycles. The molecule has 2 rings (SSSR count). The van der Waals surface area contributed by atoms with Gasteiger partial charge in [-0.05, 0) is 57.8 Å². The highest BCUT2D eigenvalue weighted by atomic mass is 15.2. The summed E-state index contributed by atoms with van der Waals surface area (Å²) in [6.07, 6.45) is 7.08. The van der Waals surface area contributed by atoms with E-state index in [-0.39, 0.29) is 0 Å². The Labute approximate surface area is 101 Å². The summed E-state index contributed by atoms with van der Waals surface area (Å²) in [5.74, 6) is 0.853. The van der Waals surface area contributed by atoms with E-state index < -0.39 is 0 Å². The van der Waals surface area contributed by atoms with Crippen LogP contribution in [0.5, 0.6) is 0 Å². The maximum absolute atomic E-state index is 2.75. The van der Waals surface area contributed by atoms with Crippen molar-refractivity contribution in [2.75, 3.05) is 32.7 Å². The smallest absolute Gasteiger partial charge is 0.0223 e. The number of nitrogens with zero attached hydrogens (tertiary/aromatic N) is 2. The van der Waals surface area contributed by atoms with Crippen molar-refractivity contribution in [2.45, 2.75) is 52.0 Å². The minimum absolute atomic E-state index is 0.853. The molecule has 0 spiro atoms. The lowest BCUT2D eigenvalue weighted by atomic mass is 10.0. The van der Waals surface area contributed by atoms with Gasteiger partial charge in [0.15, 0.2) is 0 Å². The van der Waals surface area contributed by atoms with E-state index >= 15 is 0 Å². The fourth-order valence-corrected chi connectivity index (χ4v) is 3.09. The Kier molecular flexibility index (Phi) is 4.66. The average Bonchev–Trinajstić information content (AvgIpc) is 2.47. The topological polar surface area (TPSA) is 6.48 Å². The first-order chi connectivity index (χ1) is 7.75. The van der Waals surface area contributed by atoms with Gasteiger partial charge in [-0.3, -0.25) is 4.90 Å². The maximum Gasteiger partial charge on any atom is 0.0223 e. The molecule has 2 aliphatic rings. The summed E-state index contributed by atoms with van der Waals surface area (Å²) in [7, 11) is 0. The Hall–Kier alpha value is -0.0800. The molecule has 1 atom stereocenters. The van der Waals surface area contributed by atoms with E-state index in [2.05, 4.69) is 23.6 Å². The van der Waals surface area contributed by atoms with Crippen LogP contribution in [0.25, 0.3) is 0 Å². The predicted molar refractivity (Wildman–Crippen MR) is 69.7 cm³/mol. The Morgan fingerprint density at radius 2 is 1.88 bits per heavy atom. The van der Waals surface area contributed by atoms with Gasteiger partial charge in [0.05, 0.1) is 0 Å². The molecule has 2 saturated heterocycles. The Balaban J connectivity index is 1.82. The van der Waals surface area contributed by atoms with E-state index in [0.717, 1.165) is 12.0 Å². The number of piperidine rings is 1. The van der Waals surface area contributed by atoms with E-state index in [1.54, 1.807) is 0 Å². The van der Waals surface area contributed by atoms with Crippen LogP contribution in [0.4, 0.5) is 0 Å². The van der Waals surface area contributed by atoms with E-state index in [1.165, 1.54) is 64.8 Å². The first-order valence-corrected chi connectivity index (χ1v) is 7.22. The van der Waals surface area contributed by atoms with Crippen LogP contribution in [0.15, 0.2) is 0 Å². The quantitative estimate of drug-likeness (QED) is 0.727. The molecule has 0 amide bonds. The molecule has 0 bridgehead atoms. The van der Waals surface area contributed by atoms with Gasteiger partial charge in [-0.2, -0.15) is 0 Å². The van der Waals surface area contributed by atoms with Crippen LogP contribution in [0.1, 0.15) is 46.0 Å². The molecule has 16 heavy (non-hydrogen) atoms. The van der Waals surface area contributed by atoms with E-state index in [4.69, 9.17) is 0 Å². The standard InChI is InChI=1S/C14H28N2/c1-13(2)7-11-15-8-5-10-16-9-4-3-6-14(16)12-15/h13-14H,3-12H2,1-2H3. The van der Waals surface area contributed by atoms with Crippen molar-refractivity contribution >= 4 is 0 Å². The molecule has 0 saturated carbocycles. The predicted octanol–water partition coefficient (Wildman–Crippen LogP) is 2.59. The monoisotopic (exact) mass is 224 g/mol. The Morgan fingerprint density at radius 3 is 2.69 bits per heavy atom. The Morgan fingerprint density at radius 1 is 1.06 bits per heavy atom. The van der Waals surface area contributed by atoms with Gasteiger partial charge in [0.2, 0.25) is 0 Å². The molecule has 2 aliphatic heterocycles. The number of rotatable bonds is 3. The van der Waals surface area contributed by atoms with Crippen LogP contribution in [0, 0.1) is 5.92 Å².